The van der Waals surface area contributed by atoms with Crippen molar-refractivity contribution in [3.8, 4) is 11.5 Å². The maximum atomic E-state index is 12.6. The highest BCUT2D eigenvalue weighted by atomic mass is 127. The second-order valence-electron chi connectivity index (χ2n) is 7.28. The molecule has 1 aromatic carbocycles. The van der Waals surface area contributed by atoms with E-state index in [2.05, 4.69) is 0 Å². The Hall–Kier alpha value is -0.860. The summed E-state index contributed by atoms with van der Waals surface area (Å²) in [6.45, 7) is 0. The number of hydrogen-bond donors (Lipinski definition) is 2. The van der Waals surface area contributed by atoms with E-state index >= 15 is 0 Å². The lowest BCUT2D eigenvalue weighted by Gasteiger charge is -2.61. The van der Waals surface area contributed by atoms with E-state index in [0.29, 0.717) is 24.3 Å². The van der Waals surface area contributed by atoms with Gasteiger partial charge in [0.1, 0.15) is 5.60 Å². The van der Waals surface area contributed by atoms with E-state index in [1.54, 1.807) is 23.0 Å². The molecule has 0 amide bonds. The molecule has 3 aliphatic carbocycles. The Morgan fingerprint density at radius 1 is 1.35 bits per heavy atom. The van der Waals surface area contributed by atoms with Crippen LogP contribution >= 0.6 is 23.0 Å². The van der Waals surface area contributed by atoms with Crippen molar-refractivity contribution in [1.29, 1.82) is 0 Å². The molecule has 5 atom stereocenters. The smallest absolute Gasteiger partial charge is 0.192 e. The number of aliphatic hydroxyl groups is 2. The summed E-state index contributed by atoms with van der Waals surface area (Å²) in [4.78, 5) is 12.6. The Kier molecular flexibility index (Phi) is 2.77. The number of Topliss-reactive ketones (excluding diaryl/α,β-unsaturated/α-hetero) is 1. The van der Waals surface area contributed by atoms with Gasteiger partial charge in [-0.25, -0.2) is 0 Å². The second-order valence-corrected chi connectivity index (χ2v) is 7.72. The molecular formula is C17H17IO5. The van der Waals surface area contributed by atoms with Crippen molar-refractivity contribution in [3.63, 3.8) is 0 Å². The fourth-order valence-corrected chi connectivity index (χ4v) is 6.10. The minimum Gasteiger partial charge on any atom is -0.477 e. The van der Waals surface area contributed by atoms with Crippen LogP contribution in [0.1, 0.15) is 36.8 Å². The van der Waals surface area contributed by atoms with Crippen molar-refractivity contribution in [3.05, 3.63) is 23.3 Å². The van der Waals surface area contributed by atoms with Crippen LogP contribution in [-0.2, 0) is 16.6 Å². The van der Waals surface area contributed by atoms with Crippen LogP contribution in [-0.4, -0.2) is 33.8 Å². The topological polar surface area (TPSA) is 76.0 Å². The minimum absolute atomic E-state index is 0.0322. The average Bonchev–Trinajstić information content (AvgIpc) is 2.86. The van der Waals surface area contributed by atoms with Crippen LogP contribution in [0.3, 0.4) is 0 Å². The summed E-state index contributed by atoms with van der Waals surface area (Å²) in [5.41, 5.74) is -0.0803. The third-order valence-electron chi connectivity index (χ3n) is 6.54. The Morgan fingerprint density at radius 2 is 2.17 bits per heavy atom. The van der Waals surface area contributed by atoms with Crippen LogP contribution < -0.4 is 7.80 Å². The fraction of sp³-hybridized carbons (Fsp3) is 0.588. The first-order valence-corrected chi connectivity index (χ1v) is 8.97. The van der Waals surface area contributed by atoms with Crippen molar-refractivity contribution >= 4 is 28.8 Å². The number of benzene rings is 1. The monoisotopic (exact) mass is 428 g/mol. The van der Waals surface area contributed by atoms with Gasteiger partial charge in [0.2, 0.25) is 0 Å². The molecule has 2 fully saturated rings. The zero-order valence-corrected chi connectivity index (χ0v) is 14.6. The number of rotatable bonds is 1. The zero-order chi connectivity index (χ0) is 16.0. The first-order valence-electron chi connectivity index (χ1n) is 8.08. The van der Waals surface area contributed by atoms with Gasteiger partial charge < -0.3 is 18.0 Å². The first-order chi connectivity index (χ1) is 11.0. The Bertz CT molecular complexity index is 734. The lowest BCUT2D eigenvalue weighted by molar-refractivity contribution is -0.219. The molecule has 122 valence electrons. The largest absolute Gasteiger partial charge is 0.477 e. The van der Waals surface area contributed by atoms with E-state index in [0.717, 1.165) is 24.0 Å². The van der Waals surface area contributed by atoms with Gasteiger partial charge in [0.25, 0.3) is 0 Å². The number of halogens is 1. The molecule has 2 saturated carbocycles. The highest BCUT2D eigenvalue weighted by Gasteiger charge is 2.74. The third kappa shape index (κ3) is 1.41. The highest BCUT2D eigenvalue weighted by molar-refractivity contribution is 14.1. The minimum atomic E-state index is -1.29. The molecule has 6 heteroatoms. The van der Waals surface area contributed by atoms with Crippen molar-refractivity contribution in [1.82, 2.24) is 0 Å². The molecule has 5 rings (SSSR count). The normalized spacial score (nSPS) is 42.9. The van der Waals surface area contributed by atoms with Gasteiger partial charge in [-0.2, -0.15) is 0 Å². The molecule has 1 heterocycles. The van der Waals surface area contributed by atoms with E-state index < -0.39 is 23.2 Å². The van der Waals surface area contributed by atoms with Gasteiger partial charge >= 0.3 is 0 Å². The molecule has 5 nitrogen and oxygen atoms in total. The van der Waals surface area contributed by atoms with E-state index in [9.17, 15) is 15.0 Å². The van der Waals surface area contributed by atoms with Crippen LogP contribution in [0.5, 0.6) is 11.5 Å². The number of carbonyl (C=O) groups is 1. The predicted octanol–water partition coefficient (Wildman–Crippen LogP) is 1.84. The van der Waals surface area contributed by atoms with Gasteiger partial charge in [0, 0.05) is 12.0 Å². The molecule has 23 heavy (non-hydrogen) atoms. The molecule has 4 aliphatic rings. The fourth-order valence-electron chi connectivity index (χ4n) is 5.76. The summed E-state index contributed by atoms with van der Waals surface area (Å²) in [5.74, 6) is 1.02. The Labute approximate surface area is 147 Å². The van der Waals surface area contributed by atoms with Crippen LogP contribution in [0.2, 0.25) is 0 Å². The first kappa shape index (κ1) is 14.5. The molecule has 0 radical (unpaired) electrons. The van der Waals surface area contributed by atoms with Crippen molar-refractivity contribution in [2.45, 2.75) is 55.3 Å². The Balaban J connectivity index is 1.88. The summed E-state index contributed by atoms with van der Waals surface area (Å²) < 4.78 is 11.5. The SMILES string of the molecule is O=C1C[C@H](O)C2(O)[C@@H]3CCC[C@@]24c2c(ccc(OI)c2O[C@@H]14)C3. The molecule has 0 saturated heterocycles. The van der Waals surface area contributed by atoms with E-state index in [1.165, 1.54) is 0 Å². The van der Waals surface area contributed by atoms with Crippen molar-refractivity contribution in [2.75, 3.05) is 0 Å². The van der Waals surface area contributed by atoms with Crippen molar-refractivity contribution < 1.29 is 22.8 Å². The quantitative estimate of drug-likeness (QED) is 0.668. The summed E-state index contributed by atoms with van der Waals surface area (Å²) in [6.07, 6.45) is 1.41. The van der Waals surface area contributed by atoms with Gasteiger partial charge in [-0.3, -0.25) is 4.79 Å². The third-order valence-corrected chi connectivity index (χ3v) is 7.02. The van der Waals surface area contributed by atoms with Gasteiger partial charge in [0.15, 0.2) is 46.4 Å². The summed E-state index contributed by atoms with van der Waals surface area (Å²) in [6, 6.07) is 3.89. The maximum absolute atomic E-state index is 12.6. The van der Waals surface area contributed by atoms with Gasteiger partial charge in [-0.15, -0.1) is 0 Å². The van der Waals surface area contributed by atoms with Crippen LogP contribution in [0, 0.1) is 5.92 Å². The number of carbonyl (C=O) groups excluding carboxylic acids is 1. The second kappa shape index (κ2) is 4.40. The molecule has 1 aliphatic heterocycles. The van der Waals surface area contributed by atoms with Gasteiger partial charge in [-0.1, -0.05) is 12.5 Å². The Morgan fingerprint density at radius 3 is 2.96 bits per heavy atom. The number of ketones is 1. The lowest BCUT2D eigenvalue weighted by atomic mass is 9.45. The molecule has 2 N–H and O–H groups in total. The average molecular weight is 428 g/mol. The number of ether oxygens (including phenoxy) is 1. The number of hydrogen-bond acceptors (Lipinski definition) is 5. The molecule has 1 spiro atoms. The van der Waals surface area contributed by atoms with Crippen molar-refractivity contribution in [2.24, 2.45) is 5.92 Å². The summed E-state index contributed by atoms with van der Waals surface area (Å²) in [7, 11) is 0. The maximum Gasteiger partial charge on any atom is 0.192 e. The molecule has 0 aromatic heterocycles. The summed E-state index contributed by atoms with van der Waals surface area (Å²) in [5, 5.41) is 22.3. The molecular weight excluding hydrogens is 411 g/mol. The summed E-state index contributed by atoms with van der Waals surface area (Å²) >= 11 is 1.81. The molecule has 2 bridgehead atoms. The highest BCUT2D eigenvalue weighted by Crippen LogP contribution is 2.66. The lowest BCUT2D eigenvalue weighted by Crippen LogP contribution is -2.75. The standard InChI is InChI=1S/C17H17IO5/c18-23-11-4-3-8-6-9-2-1-5-16-13(8)14(11)22-15(16)10(19)7-12(20)17(9,16)21/h3-4,9,12,15,20-21H,1-2,5-7H2/t9-,12+,15+,16+,17?/m1/s1. The van der Waals surface area contributed by atoms with Crippen LogP contribution in [0.4, 0.5) is 0 Å². The molecule has 1 aromatic rings. The van der Waals surface area contributed by atoms with Crippen LogP contribution in [0.25, 0.3) is 0 Å². The molecule has 1 unspecified atom stereocenters. The van der Waals surface area contributed by atoms with Crippen LogP contribution in [0.15, 0.2) is 12.1 Å². The van der Waals surface area contributed by atoms with Gasteiger partial charge in [-0.05, 0) is 36.8 Å². The van der Waals surface area contributed by atoms with E-state index in [4.69, 9.17) is 7.80 Å². The number of aliphatic hydroxyl groups excluding tert-OH is 1. The predicted molar refractivity (Wildman–Crippen MR) is 88.8 cm³/mol. The van der Waals surface area contributed by atoms with E-state index in [1.807, 2.05) is 12.1 Å². The van der Waals surface area contributed by atoms with E-state index in [-0.39, 0.29) is 18.1 Å². The van der Waals surface area contributed by atoms with Gasteiger partial charge in [0.05, 0.1) is 11.5 Å². The zero-order valence-electron chi connectivity index (χ0n) is 12.4.